The third-order valence-electron chi connectivity index (χ3n) is 4.06. The van der Waals surface area contributed by atoms with Crippen molar-refractivity contribution in [3.63, 3.8) is 0 Å². The Morgan fingerprint density at radius 1 is 1.04 bits per heavy atom. The number of nitrogens with one attached hydrogen (secondary N) is 1. The highest BCUT2D eigenvalue weighted by Gasteiger charge is 2.09. The van der Waals surface area contributed by atoms with E-state index in [1.807, 2.05) is 50.3 Å². The molecular formula is C22H27NO4. The molecule has 0 aliphatic rings. The summed E-state index contributed by atoms with van der Waals surface area (Å²) in [6.07, 6.45) is 4.61. The van der Waals surface area contributed by atoms with E-state index >= 15 is 0 Å². The van der Waals surface area contributed by atoms with E-state index in [0.717, 1.165) is 22.4 Å². The van der Waals surface area contributed by atoms with Crippen molar-refractivity contribution in [1.29, 1.82) is 0 Å². The first-order chi connectivity index (χ1) is 13.1. The van der Waals surface area contributed by atoms with Crippen molar-refractivity contribution in [1.82, 2.24) is 5.32 Å². The van der Waals surface area contributed by atoms with Gasteiger partial charge in [0.2, 0.25) is 0 Å². The highest BCUT2D eigenvalue weighted by Crippen LogP contribution is 2.28. The van der Waals surface area contributed by atoms with E-state index in [1.165, 1.54) is 0 Å². The summed E-state index contributed by atoms with van der Waals surface area (Å²) in [6, 6.07) is 11.6. The lowest BCUT2D eigenvalue weighted by Crippen LogP contribution is -2.30. The maximum Gasteiger partial charge on any atom is 0.257 e. The van der Waals surface area contributed by atoms with Crippen molar-refractivity contribution in [2.45, 2.75) is 20.3 Å². The maximum atomic E-state index is 12.1. The van der Waals surface area contributed by atoms with Crippen molar-refractivity contribution in [3.05, 3.63) is 59.2 Å². The van der Waals surface area contributed by atoms with Gasteiger partial charge in [0, 0.05) is 6.54 Å². The third kappa shape index (κ3) is 6.06. The van der Waals surface area contributed by atoms with Crippen LogP contribution in [0.1, 0.15) is 23.6 Å². The van der Waals surface area contributed by atoms with Crippen molar-refractivity contribution >= 4 is 12.0 Å². The van der Waals surface area contributed by atoms with E-state index in [0.29, 0.717) is 24.5 Å². The van der Waals surface area contributed by atoms with Gasteiger partial charge in [0.1, 0.15) is 5.75 Å². The smallest absolute Gasteiger partial charge is 0.257 e. The molecule has 0 unspecified atom stereocenters. The Bertz CT molecular complexity index is 799. The van der Waals surface area contributed by atoms with Gasteiger partial charge in [-0.25, -0.2) is 0 Å². The molecule has 0 saturated carbocycles. The van der Waals surface area contributed by atoms with Gasteiger partial charge in [0.15, 0.2) is 18.1 Å². The van der Waals surface area contributed by atoms with E-state index in [2.05, 4.69) is 11.4 Å². The van der Waals surface area contributed by atoms with Gasteiger partial charge in [-0.2, -0.15) is 0 Å². The fraction of sp³-hybridized carbons (Fsp3) is 0.318. The topological polar surface area (TPSA) is 56.8 Å². The zero-order chi connectivity index (χ0) is 19.6. The van der Waals surface area contributed by atoms with Gasteiger partial charge in [0.25, 0.3) is 5.91 Å². The number of ether oxygens (including phenoxy) is 3. The Balaban J connectivity index is 1.85. The average Bonchev–Trinajstić information content (AvgIpc) is 2.67. The molecule has 0 spiro atoms. The molecule has 0 heterocycles. The maximum absolute atomic E-state index is 12.1. The minimum atomic E-state index is -0.179. The SMILES string of the molecule is C/C=C/c1ccc(OCC(=O)NCCc2cc(C)ccc2OC)c(OC)c1. The van der Waals surface area contributed by atoms with Gasteiger partial charge < -0.3 is 19.5 Å². The van der Waals surface area contributed by atoms with Gasteiger partial charge in [-0.3, -0.25) is 4.79 Å². The molecule has 0 bridgehead atoms. The summed E-state index contributed by atoms with van der Waals surface area (Å²) < 4.78 is 16.3. The number of aryl methyl sites for hydroxylation is 1. The summed E-state index contributed by atoms with van der Waals surface area (Å²) in [5.74, 6) is 1.79. The molecular weight excluding hydrogens is 342 g/mol. The van der Waals surface area contributed by atoms with Gasteiger partial charge >= 0.3 is 0 Å². The zero-order valence-electron chi connectivity index (χ0n) is 16.4. The number of hydrogen-bond acceptors (Lipinski definition) is 4. The van der Waals surface area contributed by atoms with Gasteiger partial charge in [-0.15, -0.1) is 0 Å². The fourth-order valence-electron chi connectivity index (χ4n) is 2.73. The molecule has 0 atom stereocenters. The molecule has 1 N–H and O–H groups in total. The second-order valence-electron chi connectivity index (χ2n) is 6.11. The summed E-state index contributed by atoms with van der Waals surface area (Å²) in [4.78, 5) is 12.1. The molecule has 0 fully saturated rings. The quantitative estimate of drug-likeness (QED) is 0.731. The summed E-state index contributed by atoms with van der Waals surface area (Å²) in [7, 11) is 3.23. The van der Waals surface area contributed by atoms with Crippen LogP contribution in [0.2, 0.25) is 0 Å². The van der Waals surface area contributed by atoms with Crippen LogP contribution in [0.3, 0.4) is 0 Å². The molecule has 2 rings (SSSR count). The van der Waals surface area contributed by atoms with Crippen LogP contribution in [0.5, 0.6) is 17.2 Å². The summed E-state index contributed by atoms with van der Waals surface area (Å²) in [5, 5.41) is 2.87. The third-order valence-corrected chi connectivity index (χ3v) is 4.06. The lowest BCUT2D eigenvalue weighted by atomic mass is 10.1. The van der Waals surface area contributed by atoms with Gasteiger partial charge in [-0.05, 0) is 49.6 Å². The fourth-order valence-corrected chi connectivity index (χ4v) is 2.73. The van der Waals surface area contributed by atoms with Crippen LogP contribution in [0.4, 0.5) is 0 Å². The number of allylic oxidation sites excluding steroid dienone is 1. The Hall–Kier alpha value is -2.95. The molecule has 1 amide bonds. The predicted octanol–water partition coefficient (Wildman–Crippen LogP) is 3.78. The number of rotatable bonds is 9. The monoisotopic (exact) mass is 369 g/mol. The molecule has 0 aromatic heterocycles. The Morgan fingerprint density at radius 2 is 1.78 bits per heavy atom. The van der Waals surface area contributed by atoms with Crippen LogP contribution in [0.25, 0.3) is 6.08 Å². The summed E-state index contributed by atoms with van der Waals surface area (Å²) in [5.41, 5.74) is 3.24. The molecule has 0 radical (unpaired) electrons. The number of carbonyl (C=O) groups excluding carboxylic acids is 1. The van der Waals surface area contributed by atoms with Gasteiger partial charge in [0.05, 0.1) is 14.2 Å². The molecule has 144 valence electrons. The average molecular weight is 369 g/mol. The lowest BCUT2D eigenvalue weighted by molar-refractivity contribution is -0.123. The van der Waals surface area contributed by atoms with Crippen LogP contribution in [-0.4, -0.2) is 33.3 Å². The Kier molecular flexibility index (Phi) is 7.74. The van der Waals surface area contributed by atoms with Crippen molar-refractivity contribution in [2.75, 3.05) is 27.4 Å². The van der Waals surface area contributed by atoms with E-state index in [1.54, 1.807) is 20.3 Å². The first kappa shape index (κ1) is 20.4. The second-order valence-corrected chi connectivity index (χ2v) is 6.11. The second kappa shape index (κ2) is 10.3. The molecule has 0 aliphatic heterocycles. The van der Waals surface area contributed by atoms with Crippen molar-refractivity contribution < 1.29 is 19.0 Å². The summed E-state index contributed by atoms with van der Waals surface area (Å²) in [6.45, 7) is 4.43. The zero-order valence-corrected chi connectivity index (χ0v) is 16.4. The van der Waals surface area contributed by atoms with Crippen LogP contribution in [0.15, 0.2) is 42.5 Å². The van der Waals surface area contributed by atoms with E-state index < -0.39 is 0 Å². The Morgan fingerprint density at radius 3 is 2.48 bits per heavy atom. The normalized spacial score (nSPS) is 10.7. The largest absolute Gasteiger partial charge is 0.496 e. The predicted molar refractivity (Wildman–Crippen MR) is 108 cm³/mol. The first-order valence-electron chi connectivity index (χ1n) is 8.91. The number of methoxy groups -OCH3 is 2. The molecule has 0 saturated heterocycles. The van der Waals surface area contributed by atoms with Crippen molar-refractivity contribution in [3.8, 4) is 17.2 Å². The molecule has 5 heteroatoms. The number of hydrogen-bond donors (Lipinski definition) is 1. The minimum absolute atomic E-state index is 0.0652. The van der Waals surface area contributed by atoms with Crippen LogP contribution in [0, 0.1) is 6.92 Å². The van der Waals surface area contributed by atoms with E-state index in [-0.39, 0.29) is 12.5 Å². The van der Waals surface area contributed by atoms with E-state index in [9.17, 15) is 4.79 Å². The molecule has 2 aromatic rings. The molecule has 5 nitrogen and oxygen atoms in total. The number of benzene rings is 2. The number of carbonyl (C=O) groups is 1. The molecule has 0 aliphatic carbocycles. The van der Waals surface area contributed by atoms with Crippen molar-refractivity contribution in [2.24, 2.45) is 0 Å². The van der Waals surface area contributed by atoms with Crippen LogP contribution < -0.4 is 19.5 Å². The molecule has 2 aromatic carbocycles. The van der Waals surface area contributed by atoms with Crippen LogP contribution >= 0.6 is 0 Å². The minimum Gasteiger partial charge on any atom is -0.496 e. The summed E-state index contributed by atoms with van der Waals surface area (Å²) >= 11 is 0. The molecule has 27 heavy (non-hydrogen) atoms. The first-order valence-corrected chi connectivity index (χ1v) is 8.91. The van der Waals surface area contributed by atoms with Gasteiger partial charge in [-0.1, -0.05) is 35.9 Å². The standard InChI is InChI=1S/C22H27NO4/c1-5-6-17-8-10-20(21(14-17)26-4)27-15-22(24)23-12-11-18-13-16(2)7-9-19(18)25-3/h5-10,13-14H,11-12,15H2,1-4H3,(H,23,24)/b6-5+. The Labute approximate surface area is 161 Å². The number of amides is 1. The highest BCUT2D eigenvalue weighted by atomic mass is 16.5. The highest BCUT2D eigenvalue weighted by molar-refractivity contribution is 5.77. The lowest BCUT2D eigenvalue weighted by Gasteiger charge is -2.12. The van der Waals surface area contributed by atoms with E-state index in [4.69, 9.17) is 14.2 Å². The van der Waals surface area contributed by atoms with Crippen LogP contribution in [-0.2, 0) is 11.2 Å².